The van der Waals surface area contributed by atoms with Gasteiger partial charge in [-0.15, -0.1) is 0 Å². The maximum Gasteiger partial charge on any atom is 0.0721 e. The summed E-state index contributed by atoms with van der Waals surface area (Å²) in [6.07, 6.45) is 5.32. The molecule has 0 spiro atoms. The van der Waals surface area contributed by atoms with Crippen molar-refractivity contribution < 1.29 is 4.74 Å². The Hall–Kier alpha value is -0.380. The summed E-state index contributed by atoms with van der Waals surface area (Å²) in [7, 11) is 0. The van der Waals surface area contributed by atoms with Gasteiger partial charge in [-0.25, -0.2) is 0 Å². The predicted molar refractivity (Wildman–Crippen MR) is 73.7 cm³/mol. The summed E-state index contributed by atoms with van der Waals surface area (Å²) in [5.41, 5.74) is 7.02. The van der Waals surface area contributed by atoms with Gasteiger partial charge in [0.05, 0.1) is 12.7 Å². The average Bonchev–Trinajstić information content (AvgIpc) is 2.37. The molecular formula is C14H20BrNO. The first-order chi connectivity index (χ1) is 8.29. The van der Waals surface area contributed by atoms with Gasteiger partial charge in [-0.3, -0.25) is 0 Å². The lowest BCUT2D eigenvalue weighted by Gasteiger charge is -2.30. The van der Waals surface area contributed by atoms with E-state index in [0.29, 0.717) is 18.6 Å². The van der Waals surface area contributed by atoms with Crippen LogP contribution in [0.4, 0.5) is 0 Å². The maximum atomic E-state index is 6.03. The first kappa shape index (κ1) is 13.1. The molecule has 0 aromatic heterocycles. The van der Waals surface area contributed by atoms with E-state index in [0.717, 1.165) is 17.4 Å². The fraction of sp³-hybridized carbons (Fsp3) is 0.571. The van der Waals surface area contributed by atoms with E-state index in [1.807, 2.05) is 12.1 Å². The van der Waals surface area contributed by atoms with Crippen LogP contribution < -0.4 is 5.73 Å². The van der Waals surface area contributed by atoms with Crippen LogP contribution in [0.3, 0.4) is 0 Å². The second-order valence-corrected chi connectivity index (χ2v) is 5.68. The molecule has 1 aromatic rings. The molecular weight excluding hydrogens is 278 g/mol. The summed E-state index contributed by atoms with van der Waals surface area (Å²) in [4.78, 5) is 0. The molecule has 2 unspecified atom stereocenters. The van der Waals surface area contributed by atoms with Gasteiger partial charge in [-0.2, -0.15) is 0 Å². The van der Waals surface area contributed by atoms with Gasteiger partial charge in [0, 0.05) is 4.47 Å². The van der Waals surface area contributed by atoms with Crippen molar-refractivity contribution in [3.63, 3.8) is 0 Å². The highest BCUT2D eigenvalue weighted by Crippen LogP contribution is 2.27. The molecule has 1 aromatic carbocycles. The molecule has 2 atom stereocenters. The highest BCUT2D eigenvalue weighted by atomic mass is 79.9. The van der Waals surface area contributed by atoms with Crippen LogP contribution in [-0.2, 0) is 11.3 Å². The van der Waals surface area contributed by atoms with Crippen molar-refractivity contribution in [1.29, 1.82) is 0 Å². The molecule has 0 radical (unpaired) electrons. The number of benzene rings is 1. The Morgan fingerprint density at radius 2 is 2.12 bits per heavy atom. The predicted octanol–water partition coefficient (Wildman–Crippen LogP) is 3.48. The monoisotopic (exact) mass is 297 g/mol. The molecule has 2 N–H and O–H groups in total. The first-order valence-electron chi connectivity index (χ1n) is 6.35. The zero-order valence-electron chi connectivity index (χ0n) is 10.1. The van der Waals surface area contributed by atoms with Crippen LogP contribution in [0.25, 0.3) is 0 Å². The van der Waals surface area contributed by atoms with E-state index in [1.165, 1.54) is 24.8 Å². The third kappa shape index (κ3) is 3.80. The number of hydrogen-bond donors (Lipinski definition) is 1. The van der Waals surface area contributed by atoms with Crippen LogP contribution in [0.15, 0.2) is 28.7 Å². The third-order valence-corrected chi connectivity index (χ3v) is 3.99. The maximum absolute atomic E-state index is 6.03. The van der Waals surface area contributed by atoms with Gasteiger partial charge in [0.2, 0.25) is 0 Å². The first-order valence-corrected chi connectivity index (χ1v) is 7.15. The smallest absolute Gasteiger partial charge is 0.0721 e. The minimum absolute atomic E-state index is 0.354. The van der Waals surface area contributed by atoms with Gasteiger partial charge in [-0.05, 0) is 43.0 Å². The molecule has 17 heavy (non-hydrogen) atoms. The van der Waals surface area contributed by atoms with Crippen LogP contribution in [-0.4, -0.2) is 12.6 Å². The Kier molecular flexibility index (Phi) is 5.01. The highest BCUT2D eigenvalue weighted by molar-refractivity contribution is 9.10. The molecule has 1 aliphatic rings. The largest absolute Gasteiger partial charge is 0.373 e. The molecule has 1 saturated carbocycles. The van der Waals surface area contributed by atoms with Gasteiger partial charge in [-0.1, -0.05) is 40.9 Å². The van der Waals surface area contributed by atoms with Gasteiger partial charge >= 0.3 is 0 Å². The zero-order valence-corrected chi connectivity index (χ0v) is 11.7. The molecule has 3 heteroatoms. The molecule has 0 bridgehead atoms. The van der Waals surface area contributed by atoms with Crippen molar-refractivity contribution >= 4 is 15.9 Å². The van der Waals surface area contributed by atoms with Gasteiger partial charge < -0.3 is 10.5 Å². The molecule has 1 aliphatic carbocycles. The highest BCUT2D eigenvalue weighted by Gasteiger charge is 2.24. The van der Waals surface area contributed by atoms with E-state index in [-0.39, 0.29) is 0 Å². The average molecular weight is 298 g/mol. The summed E-state index contributed by atoms with van der Waals surface area (Å²) >= 11 is 3.48. The van der Waals surface area contributed by atoms with Crippen molar-refractivity contribution in [3.05, 3.63) is 34.3 Å². The topological polar surface area (TPSA) is 35.2 Å². The van der Waals surface area contributed by atoms with Crippen molar-refractivity contribution in [2.24, 2.45) is 11.7 Å². The fourth-order valence-corrected chi connectivity index (χ4v) is 2.94. The molecule has 1 fully saturated rings. The SMILES string of the molecule is NCC1CCCCC1OCc1cccc(Br)c1. The molecule has 0 heterocycles. The van der Waals surface area contributed by atoms with E-state index in [4.69, 9.17) is 10.5 Å². The normalized spacial score (nSPS) is 24.8. The second kappa shape index (κ2) is 6.53. The minimum atomic E-state index is 0.354. The lowest BCUT2D eigenvalue weighted by Crippen LogP contribution is -2.33. The van der Waals surface area contributed by atoms with E-state index in [2.05, 4.69) is 28.1 Å². The van der Waals surface area contributed by atoms with Gasteiger partial charge in [0.25, 0.3) is 0 Å². The third-order valence-electron chi connectivity index (χ3n) is 3.50. The van der Waals surface area contributed by atoms with Crippen molar-refractivity contribution in [2.45, 2.75) is 38.4 Å². The van der Waals surface area contributed by atoms with Crippen LogP contribution in [0.5, 0.6) is 0 Å². The fourth-order valence-electron chi connectivity index (χ4n) is 2.49. The van der Waals surface area contributed by atoms with E-state index in [1.54, 1.807) is 0 Å². The van der Waals surface area contributed by atoms with Crippen molar-refractivity contribution in [2.75, 3.05) is 6.54 Å². The summed E-state index contributed by atoms with van der Waals surface area (Å²) in [5, 5.41) is 0. The minimum Gasteiger partial charge on any atom is -0.373 e. The Morgan fingerprint density at radius 3 is 2.88 bits per heavy atom. The van der Waals surface area contributed by atoms with Crippen molar-refractivity contribution in [1.82, 2.24) is 0 Å². The molecule has 2 rings (SSSR count). The Labute approximate surface area is 112 Å². The molecule has 0 amide bonds. The van der Waals surface area contributed by atoms with E-state index in [9.17, 15) is 0 Å². The van der Waals surface area contributed by atoms with Crippen molar-refractivity contribution in [3.8, 4) is 0 Å². The molecule has 0 aliphatic heterocycles. The lowest BCUT2D eigenvalue weighted by atomic mass is 9.86. The second-order valence-electron chi connectivity index (χ2n) is 4.76. The van der Waals surface area contributed by atoms with Crippen LogP contribution in [0.2, 0.25) is 0 Å². The summed E-state index contributed by atoms with van der Waals surface area (Å²) in [6, 6.07) is 8.29. The van der Waals surface area contributed by atoms with Crippen LogP contribution in [0.1, 0.15) is 31.2 Å². The standard InChI is InChI=1S/C14H20BrNO/c15-13-6-3-4-11(8-13)10-17-14-7-2-1-5-12(14)9-16/h3-4,6,8,12,14H,1-2,5,7,9-10,16H2. The number of rotatable bonds is 4. The van der Waals surface area contributed by atoms with Gasteiger partial charge in [0.1, 0.15) is 0 Å². The zero-order chi connectivity index (χ0) is 12.1. The number of hydrogen-bond acceptors (Lipinski definition) is 2. The lowest BCUT2D eigenvalue weighted by molar-refractivity contribution is -0.0183. The number of halogens is 1. The Morgan fingerprint density at radius 1 is 1.29 bits per heavy atom. The Bertz CT molecular complexity index is 356. The summed E-state index contributed by atoms with van der Waals surface area (Å²) in [5.74, 6) is 0.552. The Balaban J connectivity index is 1.88. The summed E-state index contributed by atoms with van der Waals surface area (Å²) < 4.78 is 7.14. The van der Waals surface area contributed by atoms with E-state index >= 15 is 0 Å². The van der Waals surface area contributed by atoms with E-state index < -0.39 is 0 Å². The molecule has 94 valence electrons. The quantitative estimate of drug-likeness (QED) is 0.923. The summed E-state index contributed by atoms with van der Waals surface area (Å²) in [6.45, 7) is 1.45. The molecule has 2 nitrogen and oxygen atoms in total. The van der Waals surface area contributed by atoms with Crippen LogP contribution >= 0.6 is 15.9 Å². The molecule has 0 saturated heterocycles. The van der Waals surface area contributed by atoms with Crippen LogP contribution in [0, 0.1) is 5.92 Å². The number of nitrogens with two attached hydrogens (primary N) is 1. The number of ether oxygens (including phenoxy) is 1. The van der Waals surface area contributed by atoms with Gasteiger partial charge in [0.15, 0.2) is 0 Å².